The zero-order valence-electron chi connectivity index (χ0n) is 14.1. The van der Waals surface area contributed by atoms with Crippen molar-refractivity contribution in [3.8, 4) is 28.5 Å². The van der Waals surface area contributed by atoms with Crippen molar-refractivity contribution in [1.29, 1.82) is 5.26 Å². The number of aryl methyl sites for hydroxylation is 1. The van der Waals surface area contributed by atoms with Crippen molar-refractivity contribution in [3.63, 3.8) is 0 Å². The molecule has 0 saturated carbocycles. The summed E-state index contributed by atoms with van der Waals surface area (Å²) in [5.74, 6) is 0.260. The second kappa shape index (κ2) is 7.16. The highest BCUT2D eigenvalue weighted by molar-refractivity contribution is 5.86. The van der Waals surface area contributed by atoms with E-state index in [1.54, 1.807) is 6.20 Å². The lowest BCUT2D eigenvalue weighted by Crippen LogP contribution is -2.11. The Morgan fingerprint density at radius 1 is 1.19 bits per heavy atom. The average molecular weight is 367 g/mol. The van der Waals surface area contributed by atoms with E-state index in [0.29, 0.717) is 12.1 Å². The molecule has 0 spiro atoms. The van der Waals surface area contributed by atoms with E-state index in [0.717, 1.165) is 52.9 Å². The van der Waals surface area contributed by atoms with Crippen LogP contribution in [0.3, 0.4) is 0 Å². The molecular formula is C19H19ClN6. The maximum absolute atomic E-state index is 9.65. The molecule has 26 heavy (non-hydrogen) atoms. The van der Waals surface area contributed by atoms with Gasteiger partial charge < -0.3 is 11.5 Å². The number of fused-ring (bicyclic) bond motifs is 3. The molecule has 0 unspecified atom stereocenters. The first-order valence-corrected chi connectivity index (χ1v) is 8.27. The van der Waals surface area contributed by atoms with Gasteiger partial charge in [-0.15, -0.1) is 12.4 Å². The Labute approximate surface area is 157 Å². The normalized spacial score (nSPS) is 11.8. The Morgan fingerprint density at radius 2 is 1.96 bits per heavy atom. The van der Waals surface area contributed by atoms with Gasteiger partial charge in [-0.1, -0.05) is 24.3 Å². The molecule has 132 valence electrons. The third kappa shape index (κ3) is 2.81. The minimum absolute atomic E-state index is 0. The molecule has 7 heteroatoms. The second-order valence-corrected chi connectivity index (χ2v) is 6.18. The lowest BCUT2D eigenvalue weighted by molar-refractivity contribution is 0.876. The summed E-state index contributed by atoms with van der Waals surface area (Å²) in [6, 6.07) is 10.4. The minimum Gasteiger partial charge on any atom is -0.383 e. The summed E-state index contributed by atoms with van der Waals surface area (Å²) in [7, 11) is 0. The number of pyridine rings is 1. The van der Waals surface area contributed by atoms with Gasteiger partial charge in [0.2, 0.25) is 0 Å². The van der Waals surface area contributed by atoms with E-state index in [9.17, 15) is 5.26 Å². The van der Waals surface area contributed by atoms with Gasteiger partial charge in [-0.05, 0) is 42.5 Å². The molecule has 1 aliphatic carbocycles. The van der Waals surface area contributed by atoms with Gasteiger partial charge >= 0.3 is 0 Å². The first-order valence-electron chi connectivity index (χ1n) is 8.27. The number of benzene rings is 1. The van der Waals surface area contributed by atoms with Gasteiger partial charge in [-0.3, -0.25) is 5.10 Å². The molecule has 2 aromatic heterocycles. The van der Waals surface area contributed by atoms with Crippen molar-refractivity contribution in [2.45, 2.75) is 19.3 Å². The summed E-state index contributed by atoms with van der Waals surface area (Å²) >= 11 is 0. The predicted molar refractivity (Wildman–Crippen MR) is 104 cm³/mol. The van der Waals surface area contributed by atoms with Crippen LogP contribution in [0.4, 0.5) is 5.82 Å². The second-order valence-electron chi connectivity index (χ2n) is 6.18. The van der Waals surface area contributed by atoms with Crippen LogP contribution in [0, 0.1) is 11.3 Å². The van der Waals surface area contributed by atoms with Gasteiger partial charge in [0, 0.05) is 16.8 Å². The third-order valence-electron chi connectivity index (χ3n) is 4.71. The number of aromatic amines is 1. The Morgan fingerprint density at radius 3 is 2.65 bits per heavy atom. The van der Waals surface area contributed by atoms with Gasteiger partial charge in [0.05, 0.1) is 11.9 Å². The van der Waals surface area contributed by atoms with Gasteiger partial charge in [-0.2, -0.15) is 10.4 Å². The van der Waals surface area contributed by atoms with Gasteiger partial charge in [0.25, 0.3) is 0 Å². The molecular weight excluding hydrogens is 348 g/mol. The van der Waals surface area contributed by atoms with Crippen LogP contribution in [0.1, 0.15) is 22.4 Å². The van der Waals surface area contributed by atoms with Crippen molar-refractivity contribution in [2.24, 2.45) is 5.73 Å². The van der Waals surface area contributed by atoms with Crippen molar-refractivity contribution in [3.05, 3.63) is 52.8 Å². The highest BCUT2D eigenvalue weighted by Gasteiger charge is 2.26. The molecule has 4 rings (SSSR count). The molecule has 6 nitrogen and oxygen atoms in total. The molecule has 0 fully saturated rings. The predicted octanol–water partition coefficient (Wildman–Crippen LogP) is 2.61. The summed E-state index contributed by atoms with van der Waals surface area (Å²) in [5, 5.41) is 16.8. The maximum atomic E-state index is 9.65. The molecule has 1 aliphatic rings. The summed E-state index contributed by atoms with van der Waals surface area (Å²) in [4.78, 5) is 4.51. The Kier molecular flexibility index (Phi) is 4.94. The number of rotatable bonds is 3. The number of hydrogen-bond acceptors (Lipinski definition) is 5. The molecule has 1 aromatic carbocycles. The Balaban J connectivity index is 0.00000196. The number of aromatic nitrogens is 3. The molecule has 0 radical (unpaired) electrons. The van der Waals surface area contributed by atoms with E-state index in [2.05, 4.69) is 33.4 Å². The topological polar surface area (TPSA) is 117 Å². The zero-order valence-corrected chi connectivity index (χ0v) is 14.9. The lowest BCUT2D eigenvalue weighted by atomic mass is 9.85. The number of nitrogens with two attached hydrogens (primary N) is 2. The van der Waals surface area contributed by atoms with Crippen LogP contribution in [-0.2, 0) is 19.3 Å². The first-order chi connectivity index (χ1) is 12.2. The summed E-state index contributed by atoms with van der Waals surface area (Å²) in [5.41, 5.74) is 19.1. The first kappa shape index (κ1) is 17.9. The van der Waals surface area contributed by atoms with Crippen LogP contribution >= 0.6 is 12.4 Å². The van der Waals surface area contributed by atoms with E-state index >= 15 is 0 Å². The van der Waals surface area contributed by atoms with Crippen molar-refractivity contribution in [2.75, 3.05) is 12.3 Å². The minimum atomic E-state index is 0. The third-order valence-corrected chi connectivity index (χ3v) is 4.71. The quantitative estimate of drug-likeness (QED) is 0.658. The van der Waals surface area contributed by atoms with E-state index in [1.807, 2.05) is 12.1 Å². The Hall–Kier alpha value is -2.88. The molecule has 0 amide bonds. The smallest absolute Gasteiger partial charge is 0.142 e. The summed E-state index contributed by atoms with van der Waals surface area (Å²) < 4.78 is 0. The molecule has 2 heterocycles. The number of nitrogens with zero attached hydrogens (tertiary/aromatic N) is 3. The number of nitriles is 1. The lowest BCUT2D eigenvalue weighted by Gasteiger charge is -2.21. The van der Waals surface area contributed by atoms with Gasteiger partial charge in [0.15, 0.2) is 0 Å². The van der Waals surface area contributed by atoms with Crippen molar-refractivity contribution in [1.82, 2.24) is 15.2 Å². The standard InChI is InChI=1S/C19H18N6.ClH/c20-8-7-11-1-3-12(4-2-11)17-13-5-6-16-15(10-23-25-16)18(13)24-19(22)14(17)9-21;/h1-4,10H,5-8,20H2,(H2,22,24)(H,23,25);1H. The monoisotopic (exact) mass is 366 g/mol. The number of anilines is 1. The van der Waals surface area contributed by atoms with E-state index in [-0.39, 0.29) is 18.2 Å². The molecule has 3 aromatic rings. The number of nitrogen functional groups attached to an aromatic ring is 1. The van der Waals surface area contributed by atoms with Crippen LogP contribution in [0.25, 0.3) is 22.4 Å². The van der Waals surface area contributed by atoms with E-state index in [4.69, 9.17) is 11.5 Å². The van der Waals surface area contributed by atoms with Gasteiger partial charge in [0.1, 0.15) is 17.5 Å². The zero-order chi connectivity index (χ0) is 17.4. The number of H-pyrrole nitrogens is 1. The Bertz CT molecular complexity index is 984. The molecule has 0 atom stereocenters. The van der Waals surface area contributed by atoms with E-state index < -0.39 is 0 Å². The molecule has 0 bridgehead atoms. The summed E-state index contributed by atoms with van der Waals surface area (Å²) in [6.07, 6.45) is 4.25. The van der Waals surface area contributed by atoms with Gasteiger partial charge in [-0.25, -0.2) is 4.98 Å². The van der Waals surface area contributed by atoms with Crippen LogP contribution < -0.4 is 11.5 Å². The fourth-order valence-corrected chi connectivity index (χ4v) is 3.50. The summed E-state index contributed by atoms with van der Waals surface area (Å²) in [6.45, 7) is 0.615. The molecule has 0 saturated heterocycles. The maximum Gasteiger partial charge on any atom is 0.142 e. The average Bonchev–Trinajstić information content (AvgIpc) is 3.11. The highest BCUT2D eigenvalue weighted by atomic mass is 35.5. The SMILES string of the molecule is Cl.N#Cc1c(N)nc2c(c1-c1ccc(CCN)cc1)CCc1[nH]ncc1-2. The highest BCUT2D eigenvalue weighted by Crippen LogP contribution is 2.40. The fraction of sp³-hybridized carbons (Fsp3) is 0.211. The van der Waals surface area contributed by atoms with E-state index in [1.165, 1.54) is 5.56 Å². The van der Waals surface area contributed by atoms with Crippen LogP contribution in [0.15, 0.2) is 30.5 Å². The number of nitrogens with one attached hydrogen (secondary N) is 1. The largest absolute Gasteiger partial charge is 0.383 e. The van der Waals surface area contributed by atoms with Crippen molar-refractivity contribution < 1.29 is 0 Å². The van der Waals surface area contributed by atoms with Crippen LogP contribution in [0.2, 0.25) is 0 Å². The number of halogens is 1. The number of hydrogen-bond donors (Lipinski definition) is 3. The fourth-order valence-electron chi connectivity index (χ4n) is 3.50. The van der Waals surface area contributed by atoms with Crippen LogP contribution in [0.5, 0.6) is 0 Å². The van der Waals surface area contributed by atoms with Crippen LogP contribution in [-0.4, -0.2) is 21.7 Å². The molecule has 0 aliphatic heterocycles. The van der Waals surface area contributed by atoms with Crippen molar-refractivity contribution >= 4 is 18.2 Å². The molecule has 5 N–H and O–H groups in total.